The third-order valence-electron chi connectivity index (χ3n) is 2.85. The van der Waals surface area contributed by atoms with Gasteiger partial charge in [-0.25, -0.2) is 4.79 Å². The number of carbonyl (C=O) groups is 1. The summed E-state index contributed by atoms with van der Waals surface area (Å²) in [4.78, 5) is 23.9. The predicted octanol–water partition coefficient (Wildman–Crippen LogP) is 3.61. The monoisotopic (exact) mass is 342 g/mol. The summed E-state index contributed by atoms with van der Waals surface area (Å²) in [6.07, 6.45) is -0.414. The number of carbonyl (C=O) groups excluding carboxylic acids is 1. The molecule has 0 saturated heterocycles. The first kappa shape index (κ1) is 14.8. The maximum absolute atomic E-state index is 12.0. The fraction of sp³-hybridized carbons (Fsp3) is 0.462. The van der Waals surface area contributed by atoms with E-state index in [4.69, 9.17) is 4.74 Å². The fourth-order valence-electron chi connectivity index (χ4n) is 2.01. The smallest absolute Gasteiger partial charge is 0.410 e. The van der Waals surface area contributed by atoms with Gasteiger partial charge in [0.2, 0.25) is 0 Å². The molecule has 1 aromatic carbocycles. The van der Waals surface area contributed by atoms with Crippen LogP contribution in [0.3, 0.4) is 0 Å². The molecule has 0 fully saturated rings. The zero-order valence-corrected chi connectivity index (χ0v) is 13.1. The predicted molar refractivity (Wildman–Crippen MR) is 76.3 cm³/mol. The standard InChI is InChI=1S/C13H15BrN2O4/c1-13(2,3)20-12(17)15-6-8-4-9(16(18)19)5-11(14)10(8)7-15/h4-5H,6-7H2,1-3H3. The number of halogens is 1. The Bertz CT molecular complexity index is 580. The second-order valence-electron chi connectivity index (χ2n) is 5.66. The molecule has 0 aliphatic carbocycles. The first-order chi connectivity index (χ1) is 9.17. The molecular weight excluding hydrogens is 328 g/mol. The van der Waals surface area contributed by atoms with Gasteiger partial charge in [-0.1, -0.05) is 15.9 Å². The molecule has 1 heterocycles. The maximum atomic E-state index is 12.0. The van der Waals surface area contributed by atoms with E-state index in [0.717, 1.165) is 11.1 Å². The van der Waals surface area contributed by atoms with Crippen LogP contribution >= 0.6 is 15.9 Å². The molecule has 0 aromatic heterocycles. The molecular formula is C13H15BrN2O4. The van der Waals surface area contributed by atoms with E-state index in [9.17, 15) is 14.9 Å². The third-order valence-corrected chi connectivity index (χ3v) is 3.55. The number of nitrogens with zero attached hydrogens (tertiary/aromatic N) is 2. The summed E-state index contributed by atoms with van der Waals surface area (Å²) in [5, 5.41) is 10.8. The van der Waals surface area contributed by atoms with Crippen molar-refractivity contribution in [1.29, 1.82) is 0 Å². The minimum Gasteiger partial charge on any atom is -0.444 e. The number of ether oxygens (including phenoxy) is 1. The van der Waals surface area contributed by atoms with Gasteiger partial charge in [-0.05, 0) is 31.9 Å². The molecule has 0 radical (unpaired) electrons. The summed E-state index contributed by atoms with van der Waals surface area (Å²) < 4.78 is 5.95. The number of hydrogen-bond acceptors (Lipinski definition) is 4. The zero-order valence-electron chi connectivity index (χ0n) is 11.5. The van der Waals surface area contributed by atoms with E-state index >= 15 is 0 Å². The molecule has 20 heavy (non-hydrogen) atoms. The van der Waals surface area contributed by atoms with Gasteiger partial charge in [-0.15, -0.1) is 0 Å². The van der Waals surface area contributed by atoms with Crippen LogP contribution in [0.25, 0.3) is 0 Å². The van der Waals surface area contributed by atoms with E-state index in [-0.39, 0.29) is 5.69 Å². The van der Waals surface area contributed by atoms with Gasteiger partial charge in [0, 0.05) is 23.2 Å². The van der Waals surface area contributed by atoms with E-state index in [1.54, 1.807) is 20.8 Å². The number of benzene rings is 1. The summed E-state index contributed by atoms with van der Waals surface area (Å²) in [7, 11) is 0. The average Bonchev–Trinajstić information content (AvgIpc) is 2.70. The molecule has 1 amide bonds. The summed E-state index contributed by atoms with van der Waals surface area (Å²) in [5.41, 5.74) is 1.12. The number of amides is 1. The van der Waals surface area contributed by atoms with Crippen molar-refractivity contribution in [3.05, 3.63) is 37.8 Å². The number of fused-ring (bicyclic) bond motifs is 1. The lowest BCUT2D eigenvalue weighted by Gasteiger charge is -2.24. The lowest BCUT2D eigenvalue weighted by molar-refractivity contribution is -0.385. The van der Waals surface area contributed by atoms with E-state index in [1.165, 1.54) is 17.0 Å². The molecule has 0 saturated carbocycles. The Kier molecular flexibility index (Phi) is 3.73. The summed E-state index contributed by atoms with van der Waals surface area (Å²) in [5.74, 6) is 0. The van der Waals surface area contributed by atoms with Crippen molar-refractivity contribution in [3.63, 3.8) is 0 Å². The Morgan fingerprint density at radius 2 is 2.05 bits per heavy atom. The highest BCUT2D eigenvalue weighted by molar-refractivity contribution is 9.10. The Morgan fingerprint density at radius 1 is 1.40 bits per heavy atom. The maximum Gasteiger partial charge on any atom is 0.410 e. The minimum absolute atomic E-state index is 0.0154. The topological polar surface area (TPSA) is 72.7 Å². The first-order valence-electron chi connectivity index (χ1n) is 6.11. The third kappa shape index (κ3) is 3.09. The van der Waals surface area contributed by atoms with Crippen LogP contribution in [0.1, 0.15) is 31.9 Å². The Balaban J connectivity index is 2.21. The van der Waals surface area contributed by atoms with Crippen LogP contribution in [0.2, 0.25) is 0 Å². The van der Waals surface area contributed by atoms with Gasteiger partial charge in [-0.3, -0.25) is 15.0 Å². The van der Waals surface area contributed by atoms with Crippen LogP contribution in [0.15, 0.2) is 16.6 Å². The quantitative estimate of drug-likeness (QED) is 0.577. The highest BCUT2D eigenvalue weighted by Crippen LogP contribution is 2.34. The van der Waals surface area contributed by atoms with Crippen LogP contribution in [0.4, 0.5) is 10.5 Å². The van der Waals surface area contributed by atoms with Gasteiger partial charge in [0.1, 0.15) is 5.60 Å². The fourth-order valence-corrected chi connectivity index (χ4v) is 2.62. The minimum atomic E-state index is -0.560. The van der Waals surface area contributed by atoms with Gasteiger partial charge < -0.3 is 4.74 Å². The lowest BCUT2D eigenvalue weighted by atomic mass is 10.1. The highest BCUT2D eigenvalue weighted by Gasteiger charge is 2.30. The normalized spacial score (nSPS) is 14.1. The van der Waals surface area contributed by atoms with Crippen LogP contribution in [0.5, 0.6) is 0 Å². The molecule has 7 heteroatoms. The van der Waals surface area contributed by atoms with Crippen molar-refractivity contribution >= 4 is 27.7 Å². The van der Waals surface area contributed by atoms with Gasteiger partial charge in [-0.2, -0.15) is 0 Å². The number of nitro benzene ring substituents is 1. The van der Waals surface area contributed by atoms with Gasteiger partial charge in [0.05, 0.1) is 11.5 Å². The molecule has 2 rings (SSSR count). The van der Waals surface area contributed by atoms with Crippen molar-refractivity contribution < 1.29 is 14.5 Å². The molecule has 0 unspecified atom stereocenters. The van der Waals surface area contributed by atoms with Crippen molar-refractivity contribution in [2.75, 3.05) is 0 Å². The van der Waals surface area contributed by atoms with Crippen LogP contribution in [0, 0.1) is 10.1 Å². The van der Waals surface area contributed by atoms with Gasteiger partial charge in [0.15, 0.2) is 0 Å². The average molecular weight is 343 g/mol. The van der Waals surface area contributed by atoms with E-state index < -0.39 is 16.6 Å². The largest absolute Gasteiger partial charge is 0.444 e. The second-order valence-corrected chi connectivity index (χ2v) is 6.51. The Morgan fingerprint density at radius 3 is 2.60 bits per heavy atom. The van der Waals surface area contributed by atoms with Gasteiger partial charge in [0.25, 0.3) is 5.69 Å². The van der Waals surface area contributed by atoms with Crippen molar-refractivity contribution in [3.8, 4) is 0 Å². The number of nitro groups is 1. The summed E-state index contributed by atoms with van der Waals surface area (Å²) in [6, 6.07) is 2.96. The van der Waals surface area contributed by atoms with Crippen LogP contribution in [-0.4, -0.2) is 21.5 Å². The molecule has 0 spiro atoms. The molecule has 6 nitrogen and oxygen atoms in total. The van der Waals surface area contributed by atoms with E-state index in [0.29, 0.717) is 17.6 Å². The van der Waals surface area contributed by atoms with Crippen molar-refractivity contribution in [1.82, 2.24) is 4.90 Å². The Labute approximate surface area is 125 Å². The number of rotatable bonds is 1. The lowest BCUT2D eigenvalue weighted by Crippen LogP contribution is -2.33. The SMILES string of the molecule is CC(C)(C)OC(=O)N1Cc2cc([N+](=O)[O-])cc(Br)c2C1. The second kappa shape index (κ2) is 5.05. The highest BCUT2D eigenvalue weighted by atomic mass is 79.9. The zero-order chi connectivity index (χ0) is 15.1. The van der Waals surface area contributed by atoms with Crippen LogP contribution in [-0.2, 0) is 17.8 Å². The summed E-state index contributed by atoms with van der Waals surface area (Å²) in [6.45, 7) is 6.12. The van der Waals surface area contributed by atoms with Crippen molar-refractivity contribution in [2.45, 2.75) is 39.5 Å². The molecule has 0 bridgehead atoms. The molecule has 1 aromatic rings. The van der Waals surface area contributed by atoms with E-state index in [2.05, 4.69) is 15.9 Å². The molecule has 1 aliphatic rings. The summed E-state index contributed by atoms with van der Waals surface area (Å²) >= 11 is 3.32. The number of non-ortho nitro benzene ring substituents is 1. The van der Waals surface area contributed by atoms with Crippen molar-refractivity contribution in [2.24, 2.45) is 0 Å². The molecule has 0 atom stereocenters. The first-order valence-corrected chi connectivity index (χ1v) is 6.90. The Hall–Kier alpha value is -1.63. The molecule has 108 valence electrons. The molecule has 1 aliphatic heterocycles. The van der Waals surface area contributed by atoms with Crippen LogP contribution < -0.4 is 0 Å². The molecule has 0 N–H and O–H groups in total. The van der Waals surface area contributed by atoms with Gasteiger partial charge >= 0.3 is 6.09 Å². The number of hydrogen-bond donors (Lipinski definition) is 0. The van der Waals surface area contributed by atoms with E-state index in [1.807, 2.05) is 0 Å².